The van der Waals surface area contributed by atoms with E-state index in [0.29, 0.717) is 6.04 Å². The maximum atomic E-state index is 10.3. The highest BCUT2D eigenvalue weighted by Gasteiger charge is 2.49. The van der Waals surface area contributed by atoms with Gasteiger partial charge in [0.1, 0.15) is 0 Å². The zero-order chi connectivity index (χ0) is 10.9. The Hall–Kier alpha value is -0.860. The van der Waals surface area contributed by atoms with Crippen molar-refractivity contribution < 1.29 is 5.11 Å². The van der Waals surface area contributed by atoms with Gasteiger partial charge in [-0.05, 0) is 18.4 Å². The number of benzene rings is 1. The van der Waals surface area contributed by atoms with Crippen LogP contribution in [0.3, 0.4) is 0 Å². The van der Waals surface area contributed by atoms with Crippen molar-refractivity contribution in [3.05, 3.63) is 35.9 Å². The molecule has 0 aromatic heterocycles. The summed E-state index contributed by atoms with van der Waals surface area (Å²) in [6, 6.07) is 10.3. The Kier molecular flexibility index (Phi) is 2.81. The molecule has 0 heterocycles. The first-order valence-corrected chi connectivity index (χ1v) is 5.65. The van der Waals surface area contributed by atoms with E-state index >= 15 is 0 Å². The van der Waals surface area contributed by atoms with Gasteiger partial charge < -0.3 is 10.4 Å². The van der Waals surface area contributed by atoms with Crippen LogP contribution < -0.4 is 5.32 Å². The molecule has 2 heteroatoms. The van der Waals surface area contributed by atoms with E-state index in [1.165, 1.54) is 0 Å². The summed E-state index contributed by atoms with van der Waals surface area (Å²) in [4.78, 5) is 0. The van der Waals surface area contributed by atoms with E-state index < -0.39 is 0 Å². The standard InChI is InChI=1S/C13H19NO/c1-10(2)14-13(8-9-13)12(15)11-6-4-3-5-7-11/h3-7,10,12,14-15H,8-9H2,1-2H3/t12-/m0/s1. The van der Waals surface area contributed by atoms with Crippen LogP contribution in [-0.4, -0.2) is 16.7 Å². The van der Waals surface area contributed by atoms with E-state index in [1.54, 1.807) is 0 Å². The zero-order valence-electron chi connectivity index (χ0n) is 9.40. The Morgan fingerprint density at radius 3 is 2.27 bits per heavy atom. The third-order valence-corrected chi connectivity index (χ3v) is 3.00. The average molecular weight is 205 g/mol. The summed E-state index contributed by atoms with van der Waals surface area (Å²) in [6.07, 6.45) is 1.77. The predicted molar refractivity (Wildman–Crippen MR) is 61.6 cm³/mol. The molecule has 1 aliphatic carbocycles. The van der Waals surface area contributed by atoms with Crippen molar-refractivity contribution in [3.8, 4) is 0 Å². The van der Waals surface area contributed by atoms with Gasteiger partial charge in [0, 0.05) is 11.6 Å². The van der Waals surface area contributed by atoms with E-state index in [0.717, 1.165) is 18.4 Å². The molecule has 82 valence electrons. The monoisotopic (exact) mass is 205 g/mol. The Labute approximate surface area is 91.3 Å². The summed E-state index contributed by atoms with van der Waals surface area (Å²) in [7, 11) is 0. The van der Waals surface area contributed by atoms with Gasteiger partial charge >= 0.3 is 0 Å². The second-order valence-corrected chi connectivity index (χ2v) is 4.77. The molecule has 0 saturated heterocycles. The summed E-state index contributed by atoms with van der Waals surface area (Å²) in [5.74, 6) is 0. The first kappa shape index (κ1) is 10.7. The lowest BCUT2D eigenvalue weighted by Crippen LogP contribution is -2.41. The molecule has 0 amide bonds. The number of rotatable bonds is 4. The Morgan fingerprint density at radius 2 is 1.80 bits per heavy atom. The molecule has 1 saturated carbocycles. The molecule has 1 aromatic carbocycles. The third-order valence-electron chi connectivity index (χ3n) is 3.00. The van der Waals surface area contributed by atoms with E-state index in [9.17, 15) is 5.11 Å². The quantitative estimate of drug-likeness (QED) is 0.790. The van der Waals surface area contributed by atoms with Gasteiger partial charge in [-0.1, -0.05) is 44.2 Å². The van der Waals surface area contributed by atoms with Crippen molar-refractivity contribution in [1.82, 2.24) is 5.32 Å². The van der Waals surface area contributed by atoms with Gasteiger partial charge in [0.25, 0.3) is 0 Å². The topological polar surface area (TPSA) is 32.3 Å². The molecule has 0 aliphatic heterocycles. The molecule has 1 aliphatic rings. The maximum absolute atomic E-state index is 10.3. The minimum absolute atomic E-state index is 0.0600. The van der Waals surface area contributed by atoms with Gasteiger partial charge in [-0.3, -0.25) is 0 Å². The van der Waals surface area contributed by atoms with Crippen LogP contribution >= 0.6 is 0 Å². The third kappa shape index (κ3) is 2.21. The number of nitrogens with one attached hydrogen (secondary N) is 1. The van der Waals surface area contributed by atoms with E-state index in [4.69, 9.17) is 0 Å². The van der Waals surface area contributed by atoms with Crippen LogP contribution in [0.15, 0.2) is 30.3 Å². The van der Waals surface area contributed by atoms with Crippen molar-refractivity contribution in [1.29, 1.82) is 0 Å². The lowest BCUT2D eigenvalue weighted by molar-refractivity contribution is 0.111. The Balaban J connectivity index is 2.11. The second kappa shape index (κ2) is 3.95. The normalized spacial score (nSPS) is 20.3. The highest BCUT2D eigenvalue weighted by molar-refractivity contribution is 5.25. The first-order valence-electron chi connectivity index (χ1n) is 5.65. The van der Waals surface area contributed by atoms with Crippen LogP contribution in [0.2, 0.25) is 0 Å². The van der Waals surface area contributed by atoms with Crippen LogP contribution in [-0.2, 0) is 0 Å². The van der Waals surface area contributed by atoms with E-state index in [1.807, 2.05) is 30.3 Å². The van der Waals surface area contributed by atoms with Crippen LogP contribution in [0.4, 0.5) is 0 Å². The second-order valence-electron chi connectivity index (χ2n) is 4.77. The number of aliphatic hydroxyl groups excluding tert-OH is 1. The molecule has 1 aromatic rings. The highest BCUT2D eigenvalue weighted by atomic mass is 16.3. The predicted octanol–water partition coefficient (Wildman–Crippen LogP) is 2.25. The van der Waals surface area contributed by atoms with Crippen molar-refractivity contribution in [3.63, 3.8) is 0 Å². The average Bonchev–Trinajstić information content (AvgIpc) is 2.98. The molecule has 2 N–H and O–H groups in total. The highest BCUT2D eigenvalue weighted by Crippen LogP contribution is 2.46. The molecule has 15 heavy (non-hydrogen) atoms. The number of aliphatic hydroxyl groups is 1. The number of hydrogen-bond acceptors (Lipinski definition) is 2. The van der Waals surface area contributed by atoms with Crippen molar-refractivity contribution >= 4 is 0 Å². The van der Waals surface area contributed by atoms with Gasteiger partial charge in [0.15, 0.2) is 0 Å². The van der Waals surface area contributed by atoms with Gasteiger partial charge in [0.2, 0.25) is 0 Å². The Morgan fingerprint density at radius 1 is 1.20 bits per heavy atom. The van der Waals surface area contributed by atoms with Crippen LogP contribution in [0.1, 0.15) is 38.4 Å². The minimum atomic E-state index is -0.374. The summed E-state index contributed by atoms with van der Waals surface area (Å²) < 4.78 is 0. The first-order chi connectivity index (χ1) is 7.14. The fourth-order valence-corrected chi connectivity index (χ4v) is 2.16. The zero-order valence-corrected chi connectivity index (χ0v) is 9.40. The molecular formula is C13H19NO. The lowest BCUT2D eigenvalue weighted by Gasteiger charge is -2.26. The smallest absolute Gasteiger partial charge is 0.0971 e. The molecule has 0 radical (unpaired) electrons. The maximum Gasteiger partial charge on any atom is 0.0971 e. The van der Waals surface area contributed by atoms with Crippen molar-refractivity contribution in [2.45, 2.75) is 44.4 Å². The molecule has 0 bridgehead atoms. The van der Waals surface area contributed by atoms with Gasteiger partial charge in [-0.25, -0.2) is 0 Å². The van der Waals surface area contributed by atoms with Crippen molar-refractivity contribution in [2.24, 2.45) is 0 Å². The van der Waals surface area contributed by atoms with Gasteiger partial charge in [0.05, 0.1) is 6.10 Å². The molecule has 0 unspecified atom stereocenters. The summed E-state index contributed by atoms with van der Waals surface area (Å²) in [5, 5.41) is 13.8. The van der Waals surface area contributed by atoms with Crippen molar-refractivity contribution in [2.75, 3.05) is 0 Å². The SMILES string of the molecule is CC(C)NC1([C@@H](O)c2ccccc2)CC1. The molecule has 2 rings (SSSR count). The van der Waals surface area contributed by atoms with Gasteiger partial charge in [-0.2, -0.15) is 0 Å². The molecule has 2 nitrogen and oxygen atoms in total. The lowest BCUT2D eigenvalue weighted by atomic mass is 10.00. The molecule has 1 fully saturated rings. The number of hydrogen-bond donors (Lipinski definition) is 2. The summed E-state index contributed by atoms with van der Waals surface area (Å²) in [6.45, 7) is 4.25. The van der Waals surface area contributed by atoms with E-state index in [2.05, 4.69) is 19.2 Å². The molecule has 1 atom stereocenters. The van der Waals surface area contributed by atoms with Crippen LogP contribution in [0.25, 0.3) is 0 Å². The fraction of sp³-hybridized carbons (Fsp3) is 0.538. The summed E-state index contributed by atoms with van der Waals surface area (Å²) in [5.41, 5.74) is 0.957. The van der Waals surface area contributed by atoms with Crippen LogP contribution in [0, 0.1) is 0 Å². The van der Waals surface area contributed by atoms with Gasteiger partial charge in [-0.15, -0.1) is 0 Å². The fourth-order valence-electron chi connectivity index (χ4n) is 2.16. The van der Waals surface area contributed by atoms with Crippen LogP contribution in [0.5, 0.6) is 0 Å². The minimum Gasteiger partial charge on any atom is -0.386 e. The van der Waals surface area contributed by atoms with E-state index in [-0.39, 0.29) is 11.6 Å². The molecular weight excluding hydrogens is 186 g/mol. The largest absolute Gasteiger partial charge is 0.386 e. The summed E-state index contributed by atoms with van der Waals surface area (Å²) >= 11 is 0. The molecule has 0 spiro atoms. The Bertz CT molecular complexity index is 317.